The van der Waals surface area contributed by atoms with Gasteiger partial charge in [-0.15, -0.1) is 0 Å². The fraction of sp³-hybridized carbons (Fsp3) is 0.100. The number of hydrogen-bond acceptors (Lipinski definition) is 3. The number of anilines is 2. The van der Waals surface area contributed by atoms with Crippen LogP contribution in [0.2, 0.25) is 0 Å². The van der Waals surface area contributed by atoms with Crippen LogP contribution in [0, 0.1) is 5.82 Å². The minimum Gasteiger partial charge on any atom is -0.385 e. The van der Waals surface area contributed by atoms with Crippen LogP contribution in [0.5, 0.6) is 0 Å². The Balaban J connectivity index is 1.58. The first-order valence-electron chi connectivity index (χ1n) is 8.20. The average Bonchev–Trinajstić information content (AvgIpc) is 2.65. The third kappa shape index (κ3) is 4.61. The van der Waals surface area contributed by atoms with Gasteiger partial charge in [0.1, 0.15) is 5.82 Å². The monoisotopic (exact) mass is 370 g/mol. The van der Waals surface area contributed by atoms with Gasteiger partial charge in [0.25, 0.3) is 10.0 Å². The molecule has 0 saturated carbocycles. The standard InChI is InChI=1S/C20H19FN2O2S/c21-20-9-5-4-6-16(20)14-15-22-17-10-12-18(13-11-17)23-26(24,25)19-7-2-1-3-8-19/h1-13,22-23H,14-15H2. The third-order valence-electron chi connectivity index (χ3n) is 3.87. The van der Waals surface area contributed by atoms with Crippen molar-refractivity contribution in [2.75, 3.05) is 16.6 Å². The van der Waals surface area contributed by atoms with Gasteiger partial charge in [-0.25, -0.2) is 12.8 Å². The maximum atomic E-state index is 13.6. The van der Waals surface area contributed by atoms with E-state index >= 15 is 0 Å². The minimum atomic E-state index is -3.60. The van der Waals surface area contributed by atoms with E-state index in [9.17, 15) is 12.8 Å². The smallest absolute Gasteiger partial charge is 0.261 e. The van der Waals surface area contributed by atoms with Crippen molar-refractivity contribution in [2.24, 2.45) is 0 Å². The molecule has 3 aromatic rings. The van der Waals surface area contributed by atoms with Crippen molar-refractivity contribution in [1.82, 2.24) is 0 Å². The van der Waals surface area contributed by atoms with Crippen molar-refractivity contribution in [2.45, 2.75) is 11.3 Å². The molecular weight excluding hydrogens is 351 g/mol. The highest BCUT2D eigenvalue weighted by atomic mass is 32.2. The van der Waals surface area contributed by atoms with Crippen LogP contribution >= 0.6 is 0 Å². The lowest BCUT2D eigenvalue weighted by Crippen LogP contribution is -2.12. The van der Waals surface area contributed by atoms with Crippen LogP contribution in [0.25, 0.3) is 0 Å². The zero-order valence-corrected chi connectivity index (χ0v) is 14.8. The Morgan fingerprint density at radius 2 is 1.38 bits per heavy atom. The molecule has 2 N–H and O–H groups in total. The topological polar surface area (TPSA) is 58.2 Å². The molecule has 0 amide bonds. The maximum absolute atomic E-state index is 13.6. The third-order valence-corrected chi connectivity index (χ3v) is 5.27. The molecule has 3 aromatic carbocycles. The van der Waals surface area contributed by atoms with Crippen LogP contribution in [0.1, 0.15) is 5.56 Å². The molecule has 0 radical (unpaired) electrons. The van der Waals surface area contributed by atoms with Gasteiger partial charge in [0.05, 0.1) is 4.90 Å². The molecule has 0 fully saturated rings. The molecule has 0 aliphatic carbocycles. The summed E-state index contributed by atoms with van der Waals surface area (Å²) in [5, 5.41) is 3.20. The van der Waals surface area contributed by atoms with E-state index in [4.69, 9.17) is 0 Å². The van der Waals surface area contributed by atoms with Gasteiger partial charge in [0, 0.05) is 17.9 Å². The Bertz CT molecular complexity index is 959. The number of sulfonamides is 1. The average molecular weight is 370 g/mol. The highest BCUT2D eigenvalue weighted by Gasteiger charge is 2.13. The van der Waals surface area contributed by atoms with E-state index in [1.54, 1.807) is 66.7 Å². The highest BCUT2D eigenvalue weighted by molar-refractivity contribution is 7.92. The quantitative estimate of drug-likeness (QED) is 0.653. The zero-order chi connectivity index (χ0) is 18.4. The molecule has 0 aromatic heterocycles. The molecule has 0 aliphatic heterocycles. The van der Waals surface area contributed by atoms with Crippen molar-refractivity contribution in [1.29, 1.82) is 0 Å². The Hall–Kier alpha value is -2.86. The summed E-state index contributed by atoms with van der Waals surface area (Å²) in [6.07, 6.45) is 0.565. The molecule has 0 spiro atoms. The van der Waals surface area contributed by atoms with Gasteiger partial charge in [0.2, 0.25) is 0 Å². The minimum absolute atomic E-state index is 0.208. The van der Waals surface area contributed by atoms with Crippen LogP contribution in [-0.2, 0) is 16.4 Å². The Labute approximate surface area is 152 Å². The van der Waals surface area contributed by atoms with Gasteiger partial charge < -0.3 is 5.32 Å². The van der Waals surface area contributed by atoms with Gasteiger partial charge in [-0.1, -0.05) is 36.4 Å². The van der Waals surface area contributed by atoms with Gasteiger partial charge >= 0.3 is 0 Å². The molecule has 0 saturated heterocycles. The largest absolute Gasteiger partial charge is 0.385 e. The Morgan fingerprint density at radius 1 is 0.769 bits per heavy atom. The van der Waals surface area contributed by atoms with Gasteiger partial charge in [-0.3, -0.25) is 4.72 Å². The second-order valence-electron chi connectivity index (χ2n) is 5.76. The summed E-state index contributed by atoms with van der Waals surface area (Å²) >= 11 is 0. The van der Waals surface area contributed by atoms with E-state index in [0.717, 1.165) is 5.69 Å². The molecule has 0 bridgehead atoms. The van der Waals surface area contributed by atoms with E-state index in [-0.39, 0.29) is 10.7 Å². The number of nitrogens with one attached hydrogen (secondary N) is 2. The van der Waals surface area contributed by atoms with Crippen LogP contribution in [0.15, 0.2) is 83.8 Å². The summed E-state index contributed by atoms with van der Waals surface area (Å²) in [7, 11) is -3.60. The molecule has 6 heteroatoms. The van der Waals surface area contributed by atoms with Crippen LogP contribution < -0.4 is 10.0 Å². The molecule has 3 rings (SSSR count). The molecule has 0 unspecified atom stereocenters. The predicted octanol–water partition coefficient (Wildman–Crippen LogP) is 4.28. The van der Waals surface area contributed by atoms with Crippen molar-refractivity contribution >= 4 is 21.4 Å². The fourth-order valence-electron chi connectivity index (χ4n) is 2.51. The van der Waals surface area contributed by atoms with Crippen molar-refractivity contribution in [3.05, 3.63) is 90.2 Å². The first kappa shape index (κ1) is 17.9. The summed E-state index contributed by atoms with van der Waals surface area (Å²) < 4.78 is 40.7. The van der Waals surface area contributed by atoms with E-state index in [1.807, 2.05) is 6.07 Å². The molecule has 4 nitrogen and oxygen atoms in total. The van der Waals surface area contributed by atoms with Gasteiger partial charge in [-0.05, 0) is 54.4 Å². The van der Waals surface area contributed by atoms with E-state index in [0.29, 0.717) is 24.2 Å². The normalized spacial score (nSPS) is 11.1. The Morgan fingerprint density at radius 3 is 2.08 bits per heavy atom. The number of benzene rings is 3. The highest BCUT2D eigenvalue weighted by Crippen LogP contribution is 2.18. The summed E-state index contributed by atoms with van der Waals surface area (Å²) in [5.74, 6) is -0.208. The predicted molar refractivity (Wildman–Crippen MR) is 102 cm³/mol. The van der Waals surface area contributed by atoms with Crippen LogP contribution in [0.4, 0.5) is 15.8 Å². The summed E-state index contributed by atoms with van der Waals surface area (Å²) in [5.41, 5.74) is 1.98. The second-order valence-corrected chi connectivity index (χ2v) is 7.45. The first-order chi connectivity index (χ1) is 12.5. The lowest BCUT2D eigenvalue weighted by molar-refractivity contribution is 0.601. The maximum Gasteiger partial charge on any atom is 0.261 e. The van der Waals surface area contributed by atoms with Gasteiger partial charge in [0.15, 0.2) is 0 Å². The zero-order valence-electron chi connectivity index (χ0n) is 14.0. The number of halogens is 1. The molecule has 0 atom stereocenters. The lowest BCUT2D eigenvalue weighted by atomic mass is 10.1. The second kappa shape index (κ2) is 8.01. The van der Waals surface area contributed by atoms with Crippen molar-refractivity contribution in [3.63, 3.8) is 0 Å². The molecular formula is C20H19FN2O2S. The number of hydrogen-bond donors (Lipinski definition) is 2. The summed E-state index contributed by atoms with van der Waals surface area (Å²) in [6.45, 7) is 0.579. The van der Waals surface area contributed by atoms with Crippen LogP contribution in [-0.4, -0.2) is 15.0 Å². The molecule has 134 valence electrons. The fourth-order valence-corrected chi connectivity index (χ4v) is 3.59. The van der Waals surface area contributed by atoms with Gasteiger partial charge in [-0.2, -0.15) is 0 Å². The van der Waals surface area contributed by atoms with Crippen molar-refractivity contribution < 1.29 is 12.8 Å². The Kier molecular flexibility index (Phi) is 5.53. The van der Waals surface area contributed by atoms with Crippen molar-refractivity contribution in [3.8, 4) is 0 Å². The lowest BCUT2D eigenvalue weighted by Gasteiger charge is -2.10. The first-order valence-corrected chi connectivity index (χ1v) is 9.68. The SMILES string of the molecule is O=S(=O)(Nc1ccc(NCCc2ccccc2F)cc1)c1ccccc1. The van der Waals surface area contributed by atoms with Crippen LogP contribution in [0.3, 0.4) is 0 Å². The summed E-state index contributed by atoms with van der Waals surface area (Å²) in [4.78, 5) is 0.215. The molecule has 0 heterocycles. The number of rotatable bonds is 7. The van der Waals surface area contributed by atoms with E-state index in [2.05, 4.69) is 10.0 Å². The summed E-state index contributed by atoms with van der Waals surface area (Å²) in [6, 6.07) is 21.8. The van der Waals surface area contributed by atoms with E-state index in [1.165, 1.54) is 6.07 Å². The molecule has 0 aliphatic rings. The molecule has 26 heavy (non-hydrogen) atoms. The van der Waals surface area contributed by atoms with E-state index < -0.39 is 10.0 Å².